The van der Waals surface area contributed by atoms with E-state index in [4.69, 9.17) is 21.6 Å². The SMILES string of the molecule is CC(C)c1nc(N2CCN(S(=O)(=O)c3ccc(Cl)cc3)CC2)c2c3c(sc2n1)C[C@@H](C)CC3. The van der Waals surface area contributed by atoms with E-state index in [1.165, 1.54) is 22.2 Å². The fourth-order valence-corrected chi connectivity index (χ4v) is 7.65. The summed E-state index contributed by atoms with van der Waals surface area (Å²) < 4.78 is 27.8. The van der Waals surface area contributed by atoms with Crippen LogP contribution in [-0.2, 0) is 22.9 Å². The number of rotatable bonds is 4. The molecule has 0 unspecified atom stereocenters. The molecule has 1 aliphatic carbocycles. The summed E-state index contributed by atoms with van der Waals surface area (Å²) in [7, 11) is -3.54. The van der Waals surface area contributed by atoms with Crippen LogP contribution < -0.4 is 4.90 Å². The molecule has 3 aromatic rings. The molecule has 1 saturated heterocycles. The van der Waals surface area contributed by atoms with Gasteiger partial charge < -0.3 is 4.90 Å². The largest absolute Gasteiger partial charge is 0.353 e. The van der Waals surface area contributed by atoms with Gasteiger partial charge in [-0.1, -0.05) is 32.4 Å². The first-order valence-electron chi connectivity index (χ1n) is 11.6. The summed E-state index contributed by atoms with van der Waals surface area (Å²) in [5.41, 5.74) is 1.41. The minimum Gasteiger partial charge on any atom is -0.353 e. The average Bonchev–Trinajstić information content (AvgIpc) is 3.16. The molecule has 3 heterocycles. The van der Waals surface area contributed by atoms with Crippen LogP contribution in [0.5, 0.6) is 0 Å². The van der Waals surface area contributed by atoms with Gasteiger partial charge in [-0.25, -0.2) is 18.4 Å². The number of hydrogen-bond acceptors (Lipinski definition) is 6. The number of benzene rings is 1. The molecule has 6 nitrogen and oxygen atoms in total. The zero-order valence-corrected chi connectivity index (χ0v) is 21.6. The van der Waals surface area contributed by atoms with E-state index in [0.717, 1.165) is 29.3 Å². The smallest absolute Gasteiger partial charge is 0.243 e. The number of sulfonamides is 1. The quantitative estimate of drug-likeness (QED) is 0.494. The third-order valence-corrected chi connectivity index (χ3v) is 9.97. The highest BCUT2D eigenvalue weighted by Gasteiger charge is 2.32. The van der Waals surface area contributed by atoms with E-state index in [9.17, 15) is 8.42 Å². The van der Waals surface area contributed by atoms with Crippen molar-refractivity contribution in [1.82, 2.24) is 14.3 Å². The summed E-state index contributed by atoms with van der Waals surface area (Å²) in [5, 5.41) is 1.72. The van der Waals surface area contributed by atoms with Crippen LogP contribution in [0, 0.1) is 5.92 Å². The highest BCUT2D eigenvalue weighted by Crippen LogP contribution is 2.41. The molecule has 0 radical (unpaired) electrons. The molecule has 5 rings (SSSR count). The summed E-state index contributed by atoms with van der Waals surface area (Å²) in [6.45, 7) is 8.64. The predicted octanol–water partition coefficient (Wildman–Crippen LogP) is 5.10. The molecule has 9 heteroatoms. The fourth-order valence-electron chi connectivity index (χ4n) is 4.72. The lowest BCUT2D eigenvalue weighted by atomic mass is 9.89. The molecule has 33 heavy (non-hydrogen) atoms. The molecule has 176 valence electrons. The van der Waals surface area contributed by atoms with Gasteiger partial charge in [-0.05, 0) is 55.0 Å². The van der Waals surface area contributed by atoms with Crippen molar-refractivity contribution in [3.8, 4) is 0 Å². The normalized spacial score (nSPS) is 19.9. The first kappa shape index (κ1) is 23.0. The van der Waals surface area contributed by atoms with Crippen LogP contribution in [0.1, 0.15) is 49.4 Å². The molecule has 1 aliphatic heterocycles. The van der Waals surface area contributed by atoms with E-state index in [1.54, 1.807) is 28.6 Å². The lowest BCUT2D eigenvalue weighted by Gasteiger charge is -2.35. The first-order chi connectivity index (χ1) is 15.7. The molecular weight excluding hydrogens is 476 g/mol. The Bertz CT molecular complexity index is 1280. The van der Waals surface area contributed by atoms with Gasteiger partial charge in [0.05, 0.1) is 10.3 Å². The van der Waals surface area contributed by atoms with Crippen LogP contribution in [0.4, 0.5) is 5.82 Å². The highest BCUT2D eigenvalue weighted by atomic mass is 35.5. The molecule has 0 amide bonds. The van der Waals surface area contributed by atoms with Crippen molar-refractivity contribution < 1.29 is 8.42 Å². The highest BCUT2D eigenvalue weighted by molar-refractivity contribution is 7.89. The van der Waals surface area contributed by atoms with Gasteiger partial charge >= 0.3 is 0 Å². The number of aromatic nitrogens is 2. The van der Waals surface area contributed by atoms with Crippen LogP contribution in [0.15, 0.2) is 29.2 Å². The van der Waals surface area contributed by atoms with Crippen LogP contribution in [0.3, 0.4) is 0 Å². The minimum absolute atomic E-state index is 0.234. The Morgan fingerprint density at radius 2 is 1.79 bits per heavy atom. The summed E-state index contributed by atoms with van der Waals surface area (Å²) >= 11 is 7.76. The van der Waals surface area contributed by atoms with Gasteiger partial charge in [-0.3, -0.25) is 0 Å². The second-order valence-corrected chi connectivity index (χ2v) is 12.9. The summed E-state index contributed by atoms with van der Waals surface area (Å²) in [6, 6.07) is 6.39. The Balaban J connectivity index is 1.46. The van der Waals surface area contributed by atoms with Crippen molar-refractivity contribution in [2.45, 2.75) is 50.8 Å². The summed E-state index contributed by atoms with van der Waals surface area (Å²) in [5.74, 6) is 2.78. The fraction of sp³-hybridized carbons (Fsp3) is 0.500. The van der Waals surface area contributed by atoms with E-state index in [1.807, 2.05) is 11.3 Å². The van der Waals surface area contributed by atoms with Gasteiger partial charge in [0, 0.05) is 42.0 Å². The zero-order chi connectivity index (χ0) is 23.3. The maximum Gasteiger partial charge on any atom is 0.243 e. The van der Waals surface area contributed by atoms with E-state index >= 15 is 0 Å². The number of fused-ring (bicyclic) bond motifs is 3. The van der Waals surface area contributed by atoms with Gasteiger partial charge in [0.2, 0.25) is 10.0 Å². The van der Waals surface area contributed by atoms with Crippen LogP contribution in [0.2, 0.25) is 5.02 Å². The Kier molecular flexibility index (Phi) is 6.14. The van der Waals surface area contributed by atoms with Gasteiger partial charge in [0.15, 0.2) is 0 Å². The third-order valence-electron chi connectivity index (χ3n) is 6.66. The molecule has 0 bridgehead atoms. The van der Waals surface area contributed by atoms with Gasteiger partial charge in [-0.15, -0.1) is 11.3 Å². The zero-order valence-electron chi connectivity index (χ0n) is 19.2. The lowest BCUT2D eigenvalue weighted by Crippen LogP contribution is -2.49. The monoisotopic (exact) mass is 504 g/mol. The lowest BCUT2D eigenvalue weighted by molar-refractivity contribution is 0.384. The van der Waals surface area contributed by atoms with Crippen molar-refractivity contribution in [2.75, 3.05) is 31.1 Å². The Hall–Kier alpha value is -1.74. The van der Waals surface area contributed by atoms with Crippen molar-refractivity contribution in [2.24, 2.45) is 5.92 Å². The standard InChI is InChI=1S/C24H29ClN4O2S2/c1-15(2)22-26-23(21-19-9-4-16(3)14-20(19)32-24(21)27-22)28-10-12-29(13-11-28)33(30,31)18-7-5-17(25)6-8-18/h5-8,15-16H,4,9-14H2,1-3H3/t16-/m0/s1. The number of nitrogens with zero attached hydrogens (tertiary/aromatic N) is 4. The molecule has 1 fully saturated rings. The predicted molar refractivity (Wildman–Crippen MR) is 135 cm³/mol. The number of thiophene rings is 1. The molecule has 0 saturated carbocycles. The summed E-state index contributed by atoms with van der Waals surface area (Å²) in [4.78, 5) is 15.0. The molecule has 2 aliphatic rings. The van der Waals surface area contributed by atoms with Gasteiger partial charge in [0.25, 0.3) is 0 Å². The van der Waals surface area contributed by atoms with E-state index in [0.29, 0.717) is 37.1 Å². The molecule has 0 spiro atoms. The Morgan fingerprint density at radius 1 is 1.09 bits per heavy atom. The first-order valence-corrected chi connectivity index (χ1v) is 14.2. The van der Waals surface area contributed by atoms with Crippen LogP contribution in [0.25, 0.3) is 10.2 Å². The molecule has 0 N–H and O–H groups in total. The molecule has 1 atom stereocenters. The minimum atomic E-state index is -3.54. The molecule has 2 aromatic heterocycles. The number of anilines is 1. The van der Waals surface area contributed by atoms with E-state index in [-0.39, 0.29) is 10.8 Å². The van der Waals surface area contributed by atoms with Crippen molar-refractivity contribution in [3.63, 3.8) is 0 Å². The Morgan fingerprint density at radius 3 is 2.45 bits per heavy atom. The number of aryl methyl sites for hydroxylation is 1. The second kappa shape index (κ2) is 8.80. The molecule has 1 aromatic carbocycles. The van der Waals surface area contributed by atoms with Crippen molar-refractivity contribution in [1.29, 1.82) is 0 Å². The van der Waals surface area contributed by atoms with E-state index < -0.39 is 10.0 Å². The van der Waals surface area contributed by atoms with Gasteiger partial charge in [0.1, 0.15) is 16.5 Å². The van der Waals surface area contributed by atoms with Crippen LogP contribution in [-0.4, -0.2) is 48.9 Å². The average molecular weight is 505 g/mol. The number of piperazine rings is 1. The summed E-state index contributed by atoms with van der Waals surface area (Å²) in [6.07, 6.45) is 3.37. The number of hydrogen-bond donors (Lipinski definition) is 0. The maximum atomic E-state index is 13.1. The maximum absolute atomic E-state index is 13.1. The van der Waals surface area contributed by atoms with E-state index in [2.05, 4.69) is 25.7 Å². The topological polar surface area (TPSA) is 66.4 Å². The van der Waals surface area contributed by atoms with Crippen LogP contribution >= 0.6 is 22.9 Å². The van der Waals surface area contributed by atoms with Gasteiger partial charge in [-0.2, -0.15) is 4.31 Å². The Labute approximate surface area is 204 Å². The number of halogens is 1. The third kappa shape index (κ3) is 4.27. The van der Waals surface area contributed by atoms with Crippen molar-refractivity contribution in [3.05, 3.63) is 45.6 Å². The molecular formula is C24H29ClN4O2S2. The second-order valence-electron chi connectivity index (χ2n) is 9.44. The van der Waals surface area contributed by atoms with Crippen molar-refractivity contribution >= 4 is 49.0 Å².